The molecule has 0 spiro atoms. The summed E-state index contributed by atoms with van der Waals surface area (Å²) in [5.74, 6) is -1.32. The van der Waals surface area contributed by atoms with Crippen LogP contribution < -0.4 is 4.90 Å². The molecule has 22 heavy (non-hydrogen) atoms. The zero-order valence-electron chi connectivity index (χ0n) is 12.4. The summed E-state index contributed by atoms with van der Waals surface area (Å²) in [6.07, 6.45) is 1.02. The van der Waals surface area contributed by atoms with Gasteiger partial charge in [-0.25, -0.2) is 4.90 Å². The number of hydrogen-bond donors (Lipinski definition) is 0. The summed E-state index contributed by atoms with van der Waals surface area (Å²) < 4.78 is 0. The van der Waals surface area contributed by atoms with E-state index in [0.29, 0.717) is 23.6 Å². The van der Waals surface area contributed by atoms with E-state index in [-0.39, 0.29) is 17.6 Å². The zero-order valence-corrected chi connectivity index (χ0v) is 13.2. The molecule has 1 aliphatic heterocycles. The van der Waals surface area contributed by atoms with Crippen molar-refractivity contribution in [1.29, 1.82) is 0 Å². The number of hydrogen-bond acceptors (Lipinski definition) is 3. The number of imide groups is 1. The first kappa shape index (κ1) is 13.9. The minimum atomic E-state index is -0.706. The lowest BCUT2D eigenvalue weighted by Gasteiger charge is -2.30. The Labute approximate surface area is 133 Å². The Hall–Kier alpha value is -1.68. The largest absolute Gasteiger partial charge is 0.299 e. The lowest BCUT2D eigenvalue weighted by atomic mass is 9.68. The number of ketones is 1. The van der Waals surface area contributed by atoms with Gasteiger partial charge in [0.2, 0.25) is 11.8 Å². The van der Waals surface area contributed by atoms with Gasteiger partial charge < -0.3 is 0 Å². The summed E-state index contributed by atoms with van der Waals surface area (Å²) in [6.45, 7) is 3.80. The van der Waals surface area contributed by atoms with Crippen LogP contribution in [0.4, 0.5) is 5.69 Å². The number of Topliss-reactive ketones (excluding diaryl/α,β-unsaturated/α-hetero) is 1. The Bertz CT molecular complexity index is 745. The average molecular weight is 318 g/mol. The molecule has 1 aromatic rings. The Morgan fingerprint density at radius 2 is 1.73 bits per heavy atom. The first-order valence-corrected chi connectivity index (χ1v) is 7.83. The number of fused-ring (bicyclic) bond motifs is 5. The van der Waals surface area contributed by atoms with Crippen LogP contribution in [0.25, 0.3) is 0 Å². The van der Waals surface area contributed by atoms with Crippen molar-refractivity contribution >= 4 is 34.9 Å². The molecule has 4 atom stereocenters. The first-order chi connectivity index (χ1) is 10.3. The maximum absolute atomic E-state index is 12.9. The molecule has 2 aliphatic carbocycles. The molecule has 2 saturated carbocycles. The average Bonchev–Trinajstić information content (AvgIpc) is 2.94. The summed E-state index contributed by atoms with van der Waals surface area (Å²) >= 11 is 6.16. The molecule has 1 saturated heterocycles. The summed E-state index contributed by atoms with van der Waals surface area (Å²) in [5, 5.41) is 0.373. The fourth-order valence-electron chi connectivity index (χ4n) is 4.96. The normalized spacial score (nSPS) is 39.8. The van der Waals surface area contributed by atoms with Crippen molar-refractivity contribution in [3.05, 3.63) is 29.3 Å². The lowest BCUT2D eigenvalue weighted by Crippen LogP contribution is -2.40. The highest BCUT2D eigenvalue weighted by Gasteiger charge is 2.74. The number of anilines is 1. The Kier molecular flexibility index (Phi) is 2.53. The quantitative estimate of drug-likeness (QED) is 0.748. The highest BCUT2D eigenvalue weighted by atomic mass is 35.5. The minimum Gasteiger partial charge on any atom is -0.299 e. The highest BCUT2D eigenvalue weighted by Crippen LogP contribution is 2.68. The van der Waals surface area contributed by atoms with Gasteiger partial charge in [-0.05, 0) is 24.0 Å². The van der Waals surface area contributed by atoms with E-state index in [2.05, 4.69) is 0 Å². The third-order valence-electron chi connectivity index (χ3n) is 5.81. The van der Waals surface area contributed by atoms with E-state index in [1.807, 2.05) is 13.8 Å². The number of amides is 2. The zero-order chi connectivity index (χ0) is 15.9. The topological polar surface area (TPSA) is 54.5 Å². The van der Waals surface area contributed by atoms with Crippen LogP contribution in [-0.2, 0) is 14.4 Å². The maximum Gasteiger partial charge on any atom is 0.238 e. The molecule has 2 bridgehead atoms. The minimum absolute atomic E-state index is 0.110. The first-order valence-electron chi connectivity index (χ1n) is 7.45. The molecule has 5 heteroatoms. The molecule has 3 aliphatic rings. The SMILES string of the molecule is C[C@@]12CC(=O)[C@@](C)(C1)[C@H]1C(=O)N(c3ccccc3Cl)C(=O)[C@@H]12. The maximum atomic E-state index is 12.9. The second-order valence-electron chi connectivity index (χ2n) is 7.27. The standard InChI is InChI=1S/C17H16ClNO3/c1-16-7-11(20)17(2,8-16)13-12(16)14(21)19(15(13)22)10-6-4-3-5-9(10)18/h3-6,12-13H,7-8H2,1-2H3/t12-,13-,16-,17-/m1/s1. The van der Waals surface area contributed by atoms with Crippen molar-refractivity contribution in [3.8, 4) is 0 Å². The number of benzene rings is 1. The summed E-state index contributed by atoms with van der Waals surface area (Å²) in [4.78, 5) is 39.4. The van der Waals surface area contributed by atoms with Crippen LogP contribution in [0.2, 0.25) is 5.02 Å². The molecule has 0 aromatic heterocycles. The molecular formula is C17H16ClNO3. The molecule has 2 amide bonds. The van der Waals surface area contributed by atoms with Crippen molar-refractivity contribution in [1.82, 2.24) is 0 Å². The molecule has 4 rings (SSSR count). The van der Waals surface area contributed by atoms with Gasteiger partial charge in [0.05, 0.1) is 22.5 Å². The van der Waals surface area contributed by atoms with Crippen molar-refractivity contribution in [2.24, 2.45) is 22.7 Å². The second kappa shape index (κ2) is 3.99. The van der Waals surface area contributed by atoms with Gasteiger partial charge in [-0.15, -0.1) is 0 Å². The van der Waals surface area contributed by atoms with Gasteiger partial charge in [0.25, 0.3) is 0 Å². The number of halogens is 1. The Morgan fingerprint density at radius 3 is 2.41 bits per heavy atom. The van der Waals surface area contributed by atoms with Crippen LogP contribution in [0.1, 0.15) is 26.7 Å². The molecule has 0 radical (unpaired) electrons. The molecule has 0 unspecified atom stereocenters. The molecule has 1 aromatic carbocycles. The van der Waals surface area contributed by atoms with E-state index in [0.717, 1.165) is 0 Å². The van der Waals surface area contributed by atoms with Crippen molar-refractivity contribution in [2.75, 3.05) is 4.90 Å². The van der Waals surface area contributed by atoms with Gasteiger partial charge in [0, 0.05) is 11.8 Å². The second-order valence-corrected chi connectivity index (χ2v) is 7.67. The summed E-state index contributed by atoms with van der Waals surface area (Å²) in [5.41, 5.74) is -0.686. The van der Waals surface area contributed by atoms with E-state index in [9.17, 15) is 14.4 Å². The predicted octanol–water partition coefficient (Wildman–Crippen LogP) is 2.83. The number of para-hydroxylation sites is 1. The van der Waals surface area contributed by atoms with Crippen LogP contribution in [0.15, 0.2) is 24.3 Å². The van der Waals surface area contributed by atoms with Crippen molar-refractivity contribution in [2.45, 2.75) is 26.7 Å². The Balaban J connectivity index is 1.86. The molecule has 3 fully saturated rings. The molecular weight excluding hydrogens is 302 g/mol. The fourth-order valence-corrected chi connectivity index (χ4v) is 5.18. The van der Waals surface area contributed by atoms with Crippen molar-refractivity contribution in [3.63, 3.8) is 0 Å². The van der Waals surface area contributed by atoms with Gasteiger partial charge >= 0.3 is 0 Å². The monoisotopic (exact) mass is 317 g/mol. The summed E-state index contributed by atoms with van der Waals surface area (Å²) in [7, 11) is 0. The molecule has 114 valence electrons. The van der Waals surface area contributed by atoms with Gasteiger partial charge in [0.1, 0.15) is 5.78 Å². The van der Waals surface area contributed by atoms with Gasteiger partial charge in [0.15, 0.2) is 0 Å². The van der Waals surface area contributed by atoms with E-state index >= 15 is 0 Å². The number of carbonyl (C=O) groups is 3. The smallest absolute Gasteiger partial charge is 0.238 e. The van der Waals surface area contributed by atoms with Crippen LogP contribution in [0, 0.1) is 22.7 Å². The van der Waals surface area contributed by atoms with Gasteiger partial charge in [-0.1, -0.05) is 37.6 Å². The Morgan fingerprint density at radius 1 is 1.09 bits per heavy atom. The van der Waals surface area contributed by atoms with E-state index in [1.54, 1.807) is 24.3 Å². The van der Waals surface area contributed by atoms with Crippen LogP contribution >= 0.6 is 11.6 Å². The van der Waals surface area contributed by atoms with Gasteiger partial charge in [-0.2, -0.15) is 0 Å². The lowest BCUT2D eigenvalue weighted by molar-refractivity contribution is -0.138. The molecule has 4 nitrogen and oxygen atoms in total. The predicted molar refractivity (Wildman–Crippen MR) is 81.4 cm³/mol. The van der Waals surface area contributed by atoms with Crippen LogP contribution in [-0.4, -0.2) is 17.6 Å². The van der Waals surface area contributed by atoms with Gasteiger partial charge in [-0.3, -0.25) is 14.4 Å². The van der Waals surface area contributed by atoms with Crippen molar-refractivity contribution < 1.29 is 14.4 Å². The number of carbonyl (C=O) groups excluding carboxylic acids is 3. The van der Waals surface area contributed by atoms with E-state index < -0.39 is 22.7 Å². The highest BCUT2D eigenvalue weighted by molar-refractivity contribution is 6.36. The summed E-state index contributed by atoms with van der Waals surface area (Å²) in [6, 6.07) is 6.84. The fraction of sp³-hybridized carbons (Fsp3) is 0.471. The van der Waals surface area contributed by atoms with Crippen LogP contribution in [0.3, 0.4) is 0 Å². The molecule has 0 N–H and O–H groups in total. The molecule has 1 heterocycles. The number of rotatable bonds is 1. The van der Waals surface area contributed by atoms with E-state index in [4.69, 9.17) is 11.6 Å². The number of nitrogens with zero attached hydrogens (tertiary/aromatic N) is 1. The third-order valence-corrected chi connectivity index (χ3v) is 6.13. The van der Waals surface area contributed by atoms with E-state index in [1.165, 1.54) is 4.90 Å². The third kappa shape index (κ3) is 1.42. The van der Waals surface area contributed by atoms with Crippen LogP contribution in [0.5, 0.6) is 0 Å².